The van der Waals surface area contributed by atoms with Gasteiger partial charge in [-0.2, -0.15) is 5.10 Å². The van der Waals surface area contributed by atoms with Gasteiger partial charge in [0.2, 0.25) is 0 Å². The zero-order chi connectivity index (χ0) is 8.72. The molecule has 0 saturated carbocycles. The van der Waals surface area contributed by atoms with Crippen LogP contribution in [0.3, 0.4) is 0 Å². The minimum absolute atomic E-state index is 0.475. The molecular weight excluding hydrogens is 241 g/mol. The second-order valence-electron chi connectivity index (χ2n) is 2.42. The Balaban J connectivity index is 2.88. The maximum Gasteiger partial charge on any atom is 0.171 e. The third-order valence-electron chi connectivity index (χ3n) is 1.55. The van der Waals surface area contributed by atoms with Crippen LogP contribution in [0.5, 0.6) is 0 Å². The monoisotopic (exact) mass is 245 g/mol. The number of aryl methyl sites for hydroxylation is 1. The molecule has 2 aromatic heterocycles. The quantitative estimate of drug-likeness (QED) is 0.669. The Bertz CT molecular complexity index is 437. The Morgan fingerprint density at radius 3 is 3.08 bits per heavy atom. The molecular formula is C7H5BrClN3. The van der Waals surface area contributed by atoms with Crippen LogP contribution in [0.2, 0.25) is 5.15 Å². The topological polar surface area (TPSA) is 30.2 Å². The zero-order valence-corrected chi connectivity index (χ0v) is 8.59. The fourth-order valence-electron chi connectivity index (χ4n) is 0.990. The van der Waals surface area contributed by atoms with E-state index < -0.39 is 0 Å². The van der Waals surface area contributed by atoms with Crippen LogP contribution in [0.4, 0.5) is 0 Å². The lowest BCUT2D eigenvalue weighted by atomic mass is 10.5. The third kappa shape index (κ3) is 1.11. The fraction of sp³-hybridized carbons (Fsp3) is 0.143. The Morgan fingerprint density at radius 1 is 1.58 bits per heavy atom. The van der Waals surface area contributed by atoms with Gasteiger partial charge < -0.3 is 0 Å². The molecule has 2 heterocycles. The van der Waals surface area contributed by atoms with Crippen molar-refractivity contribution >= 4 is 33.2 Å². The number of nitrogens with zero attached hydrogens (tertiary/aromatic N) is 3. The predicted octanol–water partition coefficient (Wildman–Crippen LogP) is 2.45. The van der Waals surface area contributed by atoms with E-state index in [2.05, 4.69) is 26.0 Å². The fourth-order valence-corrected chi connectivity index (χ4v) is 1.48. The molecule has 0 aliphatic carbocycles. The van der Waals surface area contributed by atoms with Crippen LogP contribution in [0.1, 0.15) is 5.69 Å². The van der Waals surface area contributed by atoms with Gasteiger partial charge in [-0.1, -0.05) is 11.6 Å². The van der Waals surface area contributed by atoms with Gasteiger partial charge >= 0.3 is 0 Å². The normalized spacial score (nSPS) is 10.9. The average molecular weight is 246 g/mol. The molecule has 0 bridgehead atoms. The molecule has 0 saturated heterocycles. The number of hydrogen-bond donors (Lipinski definition) is 0. The molecule has 0 aromatic carbocycles. The summed E-state index contributed by atoms with van der Waals surface area (Å²) in [6.45, 7) is 1.91. The lowest BCUT2D eigenvalue weighted by Crippen LogP contribution is -1.88. The van der Waals surface area contributed by atoms with Crippen molar-refractivity contribution in [3.63, 3.8) is 0 Å². The smallest absolute Gasteiger partial charge is 0.171 e. The molecule has 0 N–H and O–H groups in total. The molecule has 0 atom stereocenters. The van der Waals surface area contributed by atoms with Gasteiger partial charge in [-0.05, 0) is 28.9 Å². The summed E-state index contributed by atoms with van der Waals surface area (Å²) in [5.41, 5.74) is 1.66. The highest BCUT2D eigenvalue weighted by molar-refractivity contribution is 9.10. The Morgan fingerprint density at radius 2 is 2.33 bits per heavy atom. The zero-order valence-electron chi connectivity index (χ0n) is 6.25. The van der Waals surface area contributed by atoms with Crippen LogP contribution < -0.4 is 0 Å². The van der Waals surface area contributed by atoms with Gasteiger partial charge in [0.25, 0.3) is 0 Å². The molecule has 12 heavy (non-hydrogen) atoms. The first kappa shape index (κ1) is 8.01. The van der Waals surface area contributed by atoms with E-state index in [9.17, 15) is 0 Å². The van der Waals surface area contributed by atoms with E-state index in [0.717, 1.165) is 15.8 Å². The van der Waals surface area contributed by atoms with Crippen molar-refractivity contribution < 1.29 is 0 Å². The molecule has 0 fully saturated rings. The maximum absolute atomic E-state index is 5.73. The average Bonchev–Trinajstić information content (AvgIpc) is 2.31. The van der Waals surface area contributed by atoms with E-state index >= 15 is 0 Å². The second kappa shape index (κ2) is 2.71. The van der Waals surface area contributed by atoms with Gasteiger partial charge in [-0.15, -0.1) is 0 Å². The number of fused-ring (bicyclic) bond motifs is 1. The van der Waals surface area contributed by atoms with Gasteiger partial charge in [0.15, 0.2) is 5.65 Å². The molecule has 2 aromatic rings. The van der Waals surface area contributed by atoms with Crippen molar-refractivity contribution in [2.45, 2.75) is 6.92 Å². The van der Waals surface area contributed by atoms with Crippen LogP contribution in [0.25, 0.3) is 5.65 Å². The van der Waals surface area contributed by atoms with E-state index in [1.165, 1.54) is 0 Å². The predicted molar refractivity (Wildman–Crippen MR) is 50.4 cm³/mol. The summed E-state index contributed by atoms with van der Waals surface area (Å²) in [6, 6.07) is 1.70. The molecule has 0 radical (unpaired) electrons. The highest BCUT2D eigenvalue weighted by atomic mass is 79.9. The molecule has 0 aliphatic rings. The summed E-state index contributed by atoms with van der Waals surface area (Å²) in [5, 5.41) is 4.68. The van der Waals surface area contributed by atoms with E-state index in [0.29, 0.717) is 5.15 Å². The van der Waals surface area contributed by atoms with Gasteiger partial charge in [-0.3, -0.25) is 0 Å². The summed E-state index contributed by atoms with van der Waals surface area (Å²) < 4.78 is 2.58. The van der Waals surface area contributed by atoms with Crippen molar-refractivity contribution in [2.24, 2.45) is 0 Å². The van der Waals surface area contributed by atoms with Gasteiger partial charge in [0.1, 0.15) is 5.15 Å². The van der Waals surface area contributed by atoms with Gasteiger partial charge in [-0.25, -0.2) is 9.50 Å². The number of rotatable bonds is 0. The van der Waals surface area contributed by atoms with Crippen molar-refractivity contribution in [3.8, 4) is 0 Å². The summed E-state index contributed by atoms with van der Waals surface area (Å²) in [7, 11) is 0. The highest BCUT2D eigenvalue weighted by Crippen LogP contribution is 2.20. The summed E-state index contributed by atoms with van der Waals surface area (Å²) in [5.74, 6) is 0. The summed E-state index contributed by atoms with van der Waals surface area (Å²) >= 11 is 9.11. The van der Waals surface area contributed by atoms with Crippen LogP contribution in [0, 0.1) is 6.92 Å². The van der Waals surface area contributed by atoms with E-state index in [-0.39, 0.29) is 0 Å². The van der Waals surface area contributed by atoms with Crippen LogP contribution in [-0.2, 0) is 0 Å². The minimum atomic E-state index is 0.475. The van der Waals surface area contributed by atoms with E-state index in [1.54, 1.807) is 16.8 Å². The van der Waals surface area contributed by atoms with Crippen LogP contribution >= 0.6 is 27.5 Å². The first-order valence-corrected chi connectivity index (χ1v) is 4.52. The largest absolute Gasteiger partial charge is 0.221 e. The molecule has 0 unspecified atom stereocenters. The molecule has 62 valence electrons. The molecule has 0 aliphatic heterocycles. The number of hydrogen-bond acceptors (Lipinski definition) is 2. The van der Waals surface area contributed by atoms with Gasteiger partial charge in [0.05, 0.1) is 10.2 Å². The van der Waals surface area contributed by atoms with Crippen molar-refractivity contribution in [3.05, 3.63) is 27.6 Å². The Kier molecular flexibility index (Phi) is 1.81. The SMILES string of the molecule is Cc1nn2ccc(Cl)nc2c1Br. The van der Waals surface area contributed by atoms with E-state index in [4.69, 9.17) is 11.6 Å². The van der Waals surface area contributed by atoms with Crippen molar-refractivity contribution in [1.82, 2.24) is 14.6 Å². The number of aromatic nitrogens is 3. The molecule has 3 nitrogen and oxygen atoms in total. The molecule has 2 rings (SSSR count). The Labute approximate surface area is 82.5 Å². The first-order valence-electron chi connectivity index (χ1n) is 3.35. The minimum Gasteiger partial charge on any atom is -0.221 e. The second-order valence-corrected chi connectivity index (χ2v) is 3.60. The number of halogens is 2. The summed E-state index contributed by atoms with van der Waals surface area (Å²) in [4.78, 5) is 4.12. The summed E-state index contributed by atoms with van der Waals surface area (Å²) in [6.07, 6.45) is 1.78. The molecule has 5 heteroatoms. The molecule has 0 spiro atoms. The van der Waals surface area contributed by atoms with Crippen LogP contribution in [-0.4, -0.2) is 14.6 Å². The lowest BCUT2D eigenvalue weighted by Gasteiger charge is -1.91. The molecule has 0 amide bonds. The highest BCUT2D eigenvalue weighted by Gasteiger charge is 2.06. The van der Waals surface area contributed by atoms with Crippen molar-refractivity contribution in [2.75, 3.05) is 0 Å². The first-order chi connectivity index (χ1) is 5.68. The standard InChI is InChI=1S/C7H5BrClN3/c1-4-6(8)7-10-5(9)2-3-12(7)11-4/h2-3H,1H3. The van der Waals surface area contributed by atoms with Crippen molar-refractivity contribution in [1.29, 1.82) is 0 Å². The van der Waals surface area contributed by atoms with E-state index in [1.807, 2.05) is 6.92 Å². The van der Waals surface area contributed by atoms with Crippen LogP contribution in [0.15, 0.2) is 16.7 Å². The Hall–Kier alpha value is -0.610. The van der Waals surface area contributed by atoms with Gasteiger partial charge in [0, 0.05) is 6.20 Å². The lowest BCUT2D eigenvalue weighted by molar-refractivity contribution is 0.917. The maximum atomic E-state index is 5.73. The third-order valence-corrected chi connectivity index (χ3v) is 2.69.